The van der Waals surface area contributed by atoms with Crippen LogP contribution in [0.25, 0.3) is 10.9 Å². The van der Waals surface area contributed by atoms with Gasteiger partial charge in [-0.3, -0.25) is 19.2 Å². The minimum Gasteiger partial charge on any atom is -0.484 e. The topological polar surface area (TPSA) is 156 Å². The second-order valence-corrected chi connectivity index (χ2v) is 19.7. The molecule has 12 nitrogen and oxygen atoms in total. The predicted molar refractivity (Wildman–Crippen MR) is 211 cm³/mol. The van der Waals surface area contributed by atoms with Crippen molar-refractivity contribution in [2.45, 2.75) is 146 Å². The van der Waals surface area contributed by atoms with Crippen LogP contribution in [0.4, 0.5) is 4.79 Å². The van der Waals surface area contributed by atoms with Crippen molar-refractivity contribution in [3.05, 3.63) is 47.2 Å². The Kier molecular flexibility index (Phi) is 11.0. The minimum atomic E-state index is -3.93. The Bertz CT molecular complexity index is 1960. The maximum absolute atomic E-state index is 14.8. The van der Waals surface area contributed by atoms with E-state index < -0.39 is 44.0 Å². The van der Waals surface area contributed by atoms with Crippen molar-refractivity contribution >= 4 is 38.8 Å². The van der Waals surface area contributed by atoms with Crippen molar-refractivity contribution in [1.29, 1.82) is 0 Å². The van der Waals surface area contributed by atoms with Crippen molar-refractivity contribution in [2.24, 2.45) is 11.8 Å². The van der Waals surface area contributed by atoms with Crippen LogP contribution in [0.1, 0.15) is 115 Å². The van der Waals surface area contributed by atoms with Crippen LogP contribution in [0.3, 0.4) is 0 Å². The number of ether oxygens (including phenoxy) is 2. The predicted octanol–water partition coefficient (Wildman–Crippen LogP) is 5.78. The number of nitrogens with zero attached hydrogens (tertiary/aromatic N) is 2. The fourth-order valence-electron chi connectivity index (χ4n) is 8.92. The van der Waals surface area contributed by atoms with Gasteiger partial charge in [0, 0.05) is 42.4 Å². The average molecular weight is 778 g/mol. The number of hydrogen-bond acceptors (Lipinski definition) is 9. The molecule has 5 unspecified atom stereocenters. The van der Waals surface area contributed by atoms with Gasteiger partial charge in [0.1, 0.15) is 16.9 Å². The number of rotatable bonds is 7. The van der Waals surface area contributed by atoms with Gasteiger partial charge in [-0.2, -0.15) is 0 Å². The summed E-state index contributed by atoms with van der Waals surface area (Å²) in [7, 11) is -3.93. The molecule has 7 rings (SSSR count). The molecule has 1 saturated heterocycles. The Morgan fingerprint density at radius 3 is 2.64 bits per heavy atom. The van der Waals surface area contributed by atoms with Gasteiger partial charge in [0.2, 0.25) is 15.9 Å². The Morgan fingerprint density at radius 2 is 1.93 bits per heavy atom. The largest absolute Gasteiger partial charge is 0.484 e. The fraction of sp³-hybridized carbons (Fsp3) is 0.667. The first-order chi connectivity index (χ1) is 26.2. The van der Waals surface area contributed by atoms with Crippen molar-refractivity contribution in [3.8, 4) is 5.75 Å². The van der Waals surface area contributed by atoms with Crippen molar-refractivity contribution in [3.63, 3.8) is 0 Å². The molecule has 1 spiro atoms. The molecule has 1 aromatic heterocycles. The summed E-state index contributed by atoms with van der Waals surface area (Å²) >= 11 is 0. The second-order valence-electron chi connectivity index (χ2n) is 17.5. The summed E-state index contributed by atoms with van der Waals surface area (Å²) in [5.74, 6) is -0.401. The quantitative estimate of drug-likeness (QED) is 0.297. The first kappa shape index (κ1) is 39.5. The number of nitrogens with one attached hydrogen (secondary N) is 3. The van der Waals surface area contributed by atoms with Crippen molar-refractivity contribution in [2.75, 3.05) is 19.7 Å². The van der Waals surface area contributed by atoms with E-state index in [0.717, 1.165) is 66.4 Å². The number of amides is 3. The molecule has 2 aromatic rings. The molecule has 5 aliphatic rings. The van der Waals surface area contributed by atoms with Gasteiger partial charge in [-0.25, -0.2) is 18.2 Å². The summed E-state index contributed by atoms with van der Waals surface area (Å²) in [5, 5.41) is 7.36. The maximum atomic E-state index is 14.8. The molecule has 0 radical (unpaired) electrons. The van der Waals surface area contributed by atoms with E-state index >= 15 is 0 Å². The Labute approximate surface area is 326 Å². The van der Waals surface area contributed by atoms with E-state index in [9.17, 15) is 22.8 Å². The standard InChI is InChI=1S/C42H59N5O7S/c1-6-29-14-15-34-33(22-29)32-17-18-41(54-36(32)28(4)43-34)23-35-37(48)45-42(38(49)46-55(51,52)40(5)20-21-40)19-16-30(42)12-10-8-7-9-11-13-31(24-47(35)26-41)44-39(50)53-25-27(2)3/h10,12,14-15,22,27,30-31,35H,6-9,11,13,16-21,23-26H2,1-5H3,(H,44,50)(H,45,48)(H,46,49). The fourth-order valence-corrected chi connectivity index (χ4v) is 10.2. The molecule has 4 heterocycles. The van der Waals surface area contributed by atoms with E-state index in [1.807, 2.05) is 26.8 Å². The molecular weight excluding hydrogens is 719 g/mol. The number of allylic oxidation sites excluding steroid dienone is 1. The molecule has 2 saturated carbocycles. The number of sulfonamides is 1. The number of aryl methyl sites for hydroxylation is 3. The van der Waals surface area contributed by atoms with Crippen LogP contribution in [0.5, 0.6) is 5.75 Å². The highest BCUT2D eigenvalue weighted by Gasteiger charge is 2.59. The van der Waals surface area contributed by atoms with E-state index in [1.165, 1.54) is 5.56 Å². The highest BCUT2D eigenvalue weighted by molar-refractivity contribution is 7.91. The number of hydrogen-bond donors (Lipinski definition) is 3. The maximum Gasteiger partial charge on any atom is 0.407 e. The zero-order chi connectivity index (χ0) is 39.2. The highest BCUT2D eigenvalue weighted by atomic mass is 32.2. The SMILES string of the molecule is CCc1ccc2nc(C)c3c(c2c1)CCC1(CC2C(=O)NC4(C(=O)NS(=O)(=O)C5(C)CC5)CCC4C=CCCCCCC(NC(=O)OCC(C)C)CN2C1)O3. The van der Waals surface area contributed by atoms with Crippen LogP contribution in [0, 0.1) is 18.8 Å². The van der Waals surface area contributed by atoms with E-state index in [1.54, 1.807) is 6.92 Å². The number of aromatic nitrogens is 1. The smallest absolute Gasteiger partial charge is 0.407 e. The van der Waals surface area contributed by atoms with Crippen LogP contribution in [0.2, 0.25) is 0 Å². The Morgan fingerprint density at radius 1 is 1.13 bits per heavy atom. The third kappa shape index (κ3) is 7.97. The molecule has 2 aliphatic carbocycles. The molecular formula is C42H59N5O7S. The second kappa shape index (κ2) is 15.3. The molecule has 3 aliphatic heterocycles. The van der Waals surface area contributed by atoms with Gasteiger partial charge in [0.05, 0.1) is 28.6 Å². The lowest BCUT2D eigenvalue weighted by Crippen LogP contribution is -2.70. The lowest BCUT2D eigenvalue weighted by Gasteiger charge is -2.48. The summed E-state index contributed by atoms with van der Waals surface area (Å²) in [5.41, 5.74) is 1.99. The zero-order valence-electron chi connectivity index (χ0n) is 33.2. The number of benzene rings is 1. The van der Waals surface area contributed by atoms with Gasteiger partial charge in [-0.1, -0.05) is 51.8 Å². The molecule has 5 atom stereocenters. The third-order valence-corrected chi connectivity index (χ3v) is 15.0. The lowest BCUT2D eigenvalue weighted by atomic mass is 9.65. The molecule has 1 aromatic carbocycles. The molecule has 300 valence electrons. The third-order valence-electron chi connectivity index (χ3n) is 12.8. The zero-order valence-corrected chi connectivity index (χ0v) is 34.0. The van der Waals surface area contributed by atoms with Crippen molar-refractivity contribution in [1.82, 2.24) is 25.2 Å². The molecule has 3 fully saturated rings. The van der Waals surface area contributed by atoms with Gasteiger partial charge in [-0.15, -0.1) is 0 Å². The molecule has 0 bridgehead atoms. The minimum absolute atomic E-state index is 0.190. The number of carbonyl (C=O) groups excluding carboxylic acids is 3. The van der Waals surface area contributed by atoms with Gasteiger partial charge >= 0.3 is 6.09 Å². The summed E-state index contributed by atoms with van der Waals surface area (Å²) in [4.78, 5) is 49.0. The number of carbonyl (C=O) groups is 3. The molecule has 13 heteroatoms. The lowest BCUT2D eigenvalue weighted by molar-refractivity contribution is -0.140. The first-order valence-corrected chi connectivity index (χ1v) is 22.0. The van der Waals surface area contributed by atoms with Crippen LogP contribution in [-0.2, 0) is 37.2 Å². The van der Waals surface area contributed by atoms with Gasteiger partial charge < -0.3 is 20.1 Å². The van der Waals surface area contributed by atoms with Crippen molar-refractivity contribution < 1.29 is 32.3 Å². The van der Waals surface area contributed by atoms with Gasteiger partial charge in [0.25, 0.3) is 5.91 Å². The first-order valence-electron chi connectivity index (χ1n) is 20.5. The van der Waals surface area contributed by atoms with Gasteiger partial charge in [-0.05, 0) is 102 Å². The highest BCUT2D eigenvalue weighted by Crippen LogP contribution is 2.47. The average Bonchev–Trinajstić information content (AvgIpc) is 3.81. The molecule has 3 N–H and O–H groups in total. The van der Waals surface area contributed by atoms with Crippen LogP contribution >= 0.6 is 0 Å². The van der Waals surface area contributed by atoms with Crippen LogP contribution < -0.4 is 20.1 Å². The van der Waals surface area contributed by atoms with E-state index in [-0.39, 0.29) is 23.8 Å². The van der Waals surface area contributed by atoms with Crippen LogP contribution in [-0.4, -0.2) is 83.9 Å². The number of pyridine rings is 1. The number of fused-ring (bicyclic) bond motifs is 5. The Balaban J connectivity index is 1.22. The molecule has 55 heavy (non-hydrogen) atoms. The van der Waals surface area contributed by atoms with E-state index in [0.29, 0.717) is 64.6 Å². The molecule has 3 amide bonds. The van der Waals surface area contributed by atoms with E-state index in [2.05, 4.69) is 51.5 Å². The normalized spacial score (nSPS) is 29.4. The summed E-state index contributed by atoms with van der Waals surface area (Å²) in [6, 6.07) is 5.41. The van der Waals surface area contributed by atoms with Gasteiger partial charge in [0.15, 0.2) is 0 Å². The summed E-state index contributed by atoms with van der Waals surface area (Å²) in [6.07, 6.45) is 12.5. The van der Waals surface area contributed by atoms with E-state index in [4.69, 9.17) is 14.5 Å². The van der Waals surface area contributed by atoms with Crippen LogP contribution in [0.15, 0.2) is 30.4 Å². The number of alkyl carbamates (subject to hydrolysis) is 1. The summed E-state index contributed by atoms with van der Waals surface area (Å²) in [6.45, 7) is 10.9. The monoisotopic (exact) mass is 777 g/mol. The summed E-state index contributed by atoms with van der Waals surface area (Å²) < 4.78 is 40.6. The Hall–Kier alpha value is -3.71.